The molecule has 0 radical (unpaired) electrons. The van der Waals surface area contributed by atoms with Gasteiger partial charge in [-0.25, -0.2) is 0 Å². The zero-order chi connectivity index (χ0) is 16.2. The lowest BCUT2D eigenvalue weighted by molar-refractivity contribution is 0.198. The van der Waals surface area contributed by atoms with Crippen LogP contribution in [0.15, 0.2) is 42.5 Å². The minimum atomic E-state index is 0.176. The van der Waals surface area contributed by atoms with E-state index in [4.69, 9.17) is 16.3 Å². The largest absolute Gasteiger partial charge is 0.496 e. The Morgan fingerprint density at radius 3 is 2.52 bits per heavy atom. The lowest BCUT2D eigenvalue weighted by Crippen LogP contribution is -2.45. The molecule has 1 fully saturated rings. The standard InChI is InChI=1S/C19H23ClN2O/c1-14-13-15(7-8-18(14)23-2)19(22-11-9-21-10-12-22)16-5-3-4-6-17(16)20/h3-8,13,19,21H,9-12H2,1-2H3. The highest BCUT2D eigenvalue weighted by Gasteiger charge is 2.25. The lowest BCUT2D eigenvalue weighted by atomic mass is 9.95. The molecule has 1 unspecified atom stereocenters. The minimum absolute atomic E-state index is 0.176. The van der Waals surface area contributed by atoms with E-state index in [-0.39, 0.29) is 6.04 Å². The van der Waals surface area contributed by atoms with E-state index in [0.717, 1.165) is 42.5 Å². The summed E-state index contributed by atoms with van der Waals surface area (Å²) < 4.78 is 5.40. The summed E-state index contributed by atoms with van der Waals surface area (Å²) in [5.74, 6) is 0.923. The van der Waals surface area contributed by atoms with Gasteiger partial charge in [-0.3, -0.25) is 4.90 Å². The number of methoxy groups -OCH3 is 1. The summed E-state index contributed by atoms with van der Waals surface area (Å²) in [5, 5.41) is 4.25. The van der Waals surface area contributed by atoms with E-state index >= 15 is 0 Å². The summed E-state index contributed by atoms with van der Waals surface area (Å²) in [7, 11) is 1.71. The van der Waals surface area contributed by atoms with Crippen molar-refractivity contribution in [3.05, 3.63) is 64.2 Å². The van der Waals surface area contributed by atoms with Crippen LogP contribution in [0.4, 0.5) is 0 Å². The van der Waals surface area contributed by atoms with Crippen LogP contribution in [-0.4, -0.2) is 38.2 Å². The molecule has 1 aliphatic rings. The molecule has 0 amide bonds. The normalized spacial score (nSPS) is 17.0. The minimum Gasteiger partial charge on any atom is -0.496 e. The Morgan fingerprint density at radius 1 is 1.13 bits per heavy atom. The fourth-order valence-corrected chi connectivity index (χ4v) is 3.54. The van der Waals surface area contributed by atoms with Gasteiger partial charge < -0.3 is 10.1 Å². The maximum atomic E-state index is 6.52. The summed E-state index contributed by atoms with van der Waals surface area (Å²) in [6.45, 7) is 6.14. The molecule has 2 aromatic rings. The molecule has 0 aliphatic carbocycles. The van der Waals surface area contributed by atoms with Crippen molar-refractivity contribution in [1.82, 2.24) is 10.2 Å². The van der Waals surface area contributed by atoms with Crippen molar-refractivity contribution in [2.24, 2.45) is 0 Å². The van der Waals surface area contributed by atoms with Gasteiger partial charge in [0, 0.05) is 31.2 Å². The Kier molecular flexibility index (Phi) is 5.21. The molecule has 122 valence electrons. The van der Waals surface area contributed by atoms with Crippen molar-refractivity contribution in [3.63, 3.8) is 0 Å². The molecular formula is C19H23ClN2O. The molecule has 3 rings (SSSR count). The summed E-state index contributed by atoms with van der Waals surface area (Å²) in [6, 6.07) is 14.8. The highest BCUT2D eigenvalue weighted by molar-refractivity contribution is 6.31. The Balaban J connectivity index is 2.04. The first-order valence-electron chi connectivity index (χ1n) is 8.04. The summed E-state index contributed by atoms with van der Waals surface area (Å²) in [6.07, 6.45) is 0. The van der Waals surface area contributed by atoms with Crippen LogP contribution in [0.2, 0.25) is 5.02 Å². The van der Waals surface area contributed by atoms with E-state index in [1.807, 2.05) is 12.1 Å². The smallest absolute Gasteiger partial charge is 0.121 e. The number of halogens is 1. The Morgan fingerprint density at radius 2 is 1.87 bits per heavy atom. The fourth-order valence-electron chi connectivity index (χ4n) is 3.30. The molecule has 23 heavy (non-hydrogen) atoms. The number of hydrogen-bond acceptors (Lipinski definition) is 3. The van der Waals surface area contributed by atoms with Gasteiger partial charge in [0.15, 0.2) is 0 Å². The van der Waals surface area contributed by atoms with E-state index in [1.165, 1.54) is 11.1 Å². The Hall–Kier alpha value is -1.55. The van der Waals surface area contributed by atoms with E-state index in [1.54, 1.807) is 7.11 Å². The van der Waals surface area contributed by atoms with Crippen LogP contribution in [0.3, 0.4) is 0 Å². The quantitative estimate of drug-likeness (QED) is 0.926. The summed E-state index contributed by atoms with van der Waals surface area (Å²) >= 11 is 6.52. The van der Waals surface area contributed by atoms with Gasteiger partial charge in [0.25, 0.3) is 0 Å². The van der Waals surface area contributed by atoms with E-state index < -0.39 is 0 Å². The van der Waals surface area contributed by atoms with E-state index in [9.17, 15) is 0 Å². The molecule has 1 saturated heterocycles. The highest BCUT2D eigenvalue weighted by atomic mass is 35.5. The molecule has 0 bridgehead atoms. The lowest BCUT2D eigenvalue weighted by Gasteiger charge is -2.36. The number of hydrogen-bond donors (Lipinski definition) is 1. The first-order valence-corrected chi connectivity index (χ1v) is 8.42. The van der Waals surface area contributed by atoms with Crippen LogP contribution in [-0.2, 0) is 0 Å². The van der Waals surface area contributed by atoms with Crippen LogP contribution < -0.4 is 10.1 Å². The first-order chi connectivity index (χ1) is 11.2. The van der Waals surface area contributed by atoms with E-state index in [0.29, 0.717) is 0 Å². The molecule has 1 N–H and O–H groups in total. The average molecular weight is 331 g/mol. The molecule has 1 heterocycles. The SMILES string of the molecule is COc1ccc(C(c2ccccc2Cl)N2CCNCC2)cc1C. The molecule has 4 heteroatoms. The Bertz CT molecular complexity index is 668. The average Bonchev–Trinajstić information content (AvgIpc) is 2.58. The fraction of sp³-hybridized carbons (Fsp3) is 0.368. The number of ether oxygens (including phenoxy) is 1. The molecule has 0 aromatic heterocycles. The van der Waals surface area contributed by atoms with Crippen LogP contribution >= 0.6 is 11.6 Å². The zero-order valence-corrected chi connectivity index (χ0v) is 14.4. The van der Waals surface area contributed by atoms with Crippen molar-refractivity contribution in [3.8, 4) is 5.75 Å². The molecule has 2 aromatic carbocycles. The van der Waals surface area contributed by atoms with Crippen LogP contribution in [0.25, 0.3) is 0 Å². The monoisotopic (exact) mass is 330 g/mol. The van der Waals surface area contributed by atoms with Gasteiger partial charge in [0.2, 0.25) is 0 Å². The van der Waals surface area contributed by atoms with Crippen molar-refractivity contribution in [2.45, 2.75) is 13.0 Å². The predicted molar refractivity (Wildman–Crippen MR) is 95.5 cm³/mol. The predicted octanol–water partition coefficient (Wildman–Crippen LogP) is 3.65. The van der Waals surface area contributed by atoms with Crippen molar-refractivity contribution in [1.29, 1.82) is 0 Å². The van der Waals surface area contributed by atoms with Gasteiger partial charge in [-0.2, -0.15) is 0 Å². The number of benzene rings is 2. The van der Waals surface area contributed by atoms with Gasteiger partial charge in [0.1, 0.15) is 5.75 Å². The Labute approximate surface area is 143 Å². The van der Waals surface area contributed by atoms with Crippen molar-refractivity contribution in [2.75, 3.05) is 33.3 Å². The maximum Gasteiger partial charge on any atom is 0.121 e. The second kappa shape index (κ2) is 7.35. The van der Waals surface area contributed by atoms with Crippen molar-refractivity contribution >= 4 is 11.6 Å². The van der Waals surface area contributed by atoms with Crippen molar-refractivity contribution < 1.29 is 4.74 Å². The number of rotatable bonds is 4. The van der Waals surface area contributed by atoms with Gasteiger partial charge in [-0.05, 0) is 35.7 Å². The molecule has 0 saturated carbocycles. The van der Waals surface area contributed by atoms with Gasteiger partial charge in [-0.15, -0.1) is 0 Å². The third-order valence-corrected chi connectivity index (χ3v) is 4.80. The summed E-state index contributed by atoms with van der Waals surface area (Å²) in [5.41, 5.74) is 3.58. The second-order valence-corrected chi connectivity index (χ2v) is 6.35. The number of piperazine rings is 1. The van der Waals surface area contributed by atoms with E-state index in [2.05, 4.69) is 47.5 Å². The topological polar surface area (TPSA) is 24.5 Å². The van der Waals surface area contributed by atoms with Crippen LogP contribution in [0, 0.1) is 6.92 Å². The maximum absolute atomic E-state index is 6.52. The van der Waals surface area contributed by atoms with Gasteiger partial charge in [-0.1, -0.05) is 41.9 Å². The molecule has 1 atom stereocenters. The molecular weight excluding hydrogens is 308 g/mol. The van der Waals surface area contributed by atoms with Gasteiger partial charge in [0.05, 0.1) is 13.2 Å². The van der Waals surface area contributed by atoms with Gasteiger partial charge >= 0.3 is 0 Å². The number of aryl methyl sites for hydroxylation is 1. The first kappa shape index (κ1) is 16.3. The molecule has 1 aliphatic heterocycles. The number of nitrogens with zero attached hydrogens (tertiary/aromatic N) is 1. The molecule has 3 nitrogen and oxygen atoms in total. The van der Waals surface area contributed by atoms with Crippen LogP contribution in [0.1, 0.15) is 22.7 Å². The molecule has 0 spiro atoms. The highest BCUT2D eigenvalue weighted by Crippen LogP contribution is 2.35. The zero-order valence-electron chi connectivity index (χ0n) is 13.7. The third-order valence-electron chi connectivity index (χ3n) is 4.45. The second-order valence-electron chi connectivity index (χ2n) is 5.94. The summed E-state index contributed by atoms with van der Waals surface area (Å²) in [4.78, 5) is 2.50. The number of nitrogens with one attached hydrogen (secondary N) is 1. The van der Waals surface area contributed by atoms with Crippen LogP contribution in [0.5, 0.6) is 5.75 Å². The third kappa shape index (κ3) is 3.52.